The fourth-order valence-corrected chi connectivity index (χ4v) is 2.39. The van der Waals surface area contributed by atoms with Crippen molar-refractivity contribution in [2.24, 2.45) is 23.3 Å². The summed E-state index contributed by atoms with van der Waals surface area (Å²) in [6.07, 6.45) is 6.15. The highest BCUT2D eigenvalue weighted by molar-refractivity contribution is 5.89. The molecular weight excluding hydrogens is 220 g/mol. The minimum atomic E-state index is -0.486. The third kappa shape index (κ3) is 2.92. The van der Waals surface area contributed by atoms with Crippen molar-refractivity contribution in [3.8, 4) is 0 Å². The van der Waals surface area contributed by atoms with Crippen molar-refractivity contribution in [2.45, 2.75) is 37.8 Å². The maximum Gasteiger partial charge on any atom is 0.320 e. The number of hydrogen-bond donors (Lipinski definition) is 2. The van der Waals surface area contributed by atoms with Gasteiger partial charge in [0.05, 0.1) is 11.8 Å². The van der Waals surface area contributed by atoms with Crippen molar-refractivity contribution in [3.05, 3.63) is 12.2 Å². The average Bonchev–Trinajstić information content (AvgIpc) is 2.87. The van der Waals surface area contributed by atoms with Gasteiger partial charge in [0.25, 0.3) is 0 Å². The number of carbonyl (C=O) groups excluding carboxylic acids is 2. The molecule has 5 heteroatoms. The molecule has 0 aromatic heterocycles. The molecule has 1 saturated carbocycles. The SMILES string of the molecule is NC1C=CC(C(=O)OC(=O)C2CCC(N)C2)C1. The van der Waals surface area contributed by atoms with Crippen LogP contribution in [0.3, 0.4) is 0 Å². The second-order valence-corrected chi connectivity index (χ2v) is 4.90. The molecule has 2 aliphatic rings. The van der Waals surface area contributed by atoms with E-state index in [2.05, 4.69) is 0 Å². The minimum Gasteiger partial charge on any atom is -0.392 e. The maximum absolute atomic E-state index is 11.7. The summed E-state index contributed by atoms with van der Waals surface area (Å²) in [7, 11) is 0. The molecule has 4 atom stereocenters. The Kier molecular flexibility index (Phi) is 3.59. The van der Waals surface area contributed by atoms with Crippen molar-refractivity contribution in [1.29, 1.82) is 0 Å². The summed E-state index contributed by atoms with van der Waals surface area (Å²) in [6, 6.07) is -0.0509. The Hall–Kier alpha value is -1.20. The highest BCUT2D eigenvalue weighted by Gasteiger charge is 2.32. The lowest BCUT2D eigenvalue weighted by atomic mass is 10.1. The fourth-order valence-electron chi connectivity index (χ4n) is 2.39. The van der Waals surface area contributed by atoms with Crippen LogP contribution < -0.4 is 11.5 Å². The molecule has 0 heterocycles. The Bertz CT molecular complexity index is 354. The van der Waals surface area contributed by atoms with E-state index in [-0.39, 0.29) is 23.9 Å². The van der Waals surface area contributed by atoms with Gasteiger partial charge in [0.2, 0.25) is 0 Å². The number of nitrogens with two attached hydrogens (primary N) is 2. The van der Waals surface area contributed by atoms with E-state index in [1.807, 2.05) is 0 Å². The molecule has 0 aliphatic heterocycles. The van der Waals surface area contributed by atoms with Gasteiger partial charge in [-0.2, -0.15) is 0 Å². The third-order valence-corrected chi connectivity index (χ3v) is 3.43. The summed E-state index contributed by atoms with van der Waals surface area (Å²) in [6.45, 7) is 0. The summed E-state index contributed by atoms with van der Waals surface area (Å²) in [4.78, 5) is 23.3. The van der Waals surface area contributed by atoms with E-state index in [0.29, 0.717) is 19.3 Å². The normalized spacial score (nSPS) is 36.1. The first-order valence-corrected chi connectivity index (χ1v) is 6.01. The molecule has 4 unspecified atom stereocenters. The number of ether oxygens (including phenoxy) is 1. The number of hydrogen-bond acceptors (Lipinski definition) is 5. The summed E-state index contributed by atoms with van der Waals surface area (Å²) in [5.41, 5.74) is 11.4. The van der Waals surface area contributed by atoms with Gasteiger partial charge in [0.15, 0.2) is 0 Å². The van der Waals surface area contributed by atoms with Crippen LogP contribution in [0.4, 0.5) is 0 Å². The van der Waals surface area contributed by atoms with E-state index >= 15 is 0 Å². The molecule has 94 valence electrons. The van der Waals surface area contributed by atoms with Crippen LogP contribution in [0.15, 0.2) is 12.2 Å². The molecule has 0 spiro atoms. The molecule has 0 aromatic rings. The monoisotopic (exact) mass is 238 g/mol. The number of rotatable bonds is 2. The second kappa shape index (κ2) is 4.98. The Morgan fingerprint density at radius 3 is 2.35 bits per heavy atom. The molecule has 17 heavy (non-hydrogen) atoms. The van der Waals surface area contributed by atoms with Gasteiger partial charge >= 0.3 is 11.9 Å². The largest absolute Gasteiger partial charge is 0.392 e. The molecule has 2 rings (SSSR count). The van der Waals surface area contributed by atoms with Crippen LogP contribution in [0.25, 0.3) is 0 Å². The topological polar surface area (TPSA) is 95.4 Å². The van der Waals surface area contributed by atoms with Gasteiger partial charge in [-0.05, 0) is 25.7 Å². The first-order chi connectivity index (χ1) is 8.06. The van der Waals surface area contributed by atoms with E-state index in [9.17, 15) is 9.59 Å². The van der Waals surface area contributed by atoms with E-state index in [4.69, 9.17) is 16.2 Å². The molecule has 0 aromatic carbocycles. The summed E-state index contributed by atoms with van der Waals surface area (Å²) in [5, 5.41) is 0. The zero-order valence-electron chi connectivity index (χ0n) is 9.67. The van der Waals surface area contributed by atoms with Crippen molar-refractivity contribution in [3.63, 3.8) is 0 Å². The molecule has 0 amide bonds. The highest BCUT2D eigenvalue weighted by Crippen LogP contribution is 2.26. The lowest BCUT2D eigenvalue weighted by Gasteiger charge is -2.11. The summed E-state index contributed by atoms with van der Waals surface area (Å²) in [5.74, 6) is -1.51. The second-order valence-electron chi connectivity index (χ2n) is 4.90. The predicted molar refractivity (Wildman–Crippen MR) is 61.6 cm³/mol. The van der Waals surface area contributed by atoms with Crippen molar-refractivity contribution >= 4 is 11.9 Å². The Morgan fingerprint density at radius 2 is 1.82 bits per heavy atom. The van der Waals surface area contributed by atoms with Gasteiger partial charge in [-0.25, -0.2) is 0 Å². The number of carbonyl (C=O) groups is 2. The smallest absolute Gasteiger partial charge is 0.320 e. The third-order valence-electron chi connectivity index (χ3n) is 3.43. The summed E-state index contributed by atoms with van der Waals surface area (Å²) < 4.78 is 4.87. The lowest BCUT2D eigenvalue weighted by molar-refractivity contribution is -0.164. The first kappa shape index (κ1) is 12.3. The van der Waals surface area contributed by atoms with Gasteiger partial charge < -0.3 is 16.2 Å². The highest BCUT2D eigenvalue weighted by atomic mass is 16.6. The van der Waals surface area contributed by atoms with Crippen LogP contribution in [0.1, 0.15) is 25.7 Å². The van der Waals surface area contributed by atoms with Crippen LogP contribution in [-0.4, -0.2) is 24.0 Å². The van der Waals surface area contributed by atoms with Crippen LogP contribution in [-0.2, 0) is 14.3 Å². The molecule has 0 saturated heterocycles. The minimum absolute atomic E-state index is 0.0578. The van der Waals surface area contributed by atoms with Gasteiger partial charge in [-0.3, -0.25) is 9.59 Å². The van der Waals surface area contributed by atoms with E-state index in [1.54, 1.807) is 12.2 Å². The standard InChI is InChI=1S/C12H18N2O3/c13-9-3-1-7(5-9)11(15)17-12(16)8-2-4-10(14)6-8/h1,3,7-10H,2,4-6,13-14H2. The van der Waals surface area contributed by atoms with Crippen molar-refractivity contribution in [1.82, 2.24) is 0 Å². The predicted octanol–water partition coefficient (Wildman–Crippen LogP) is 0.0870. The maximum atomic E-state index is 11.7. The van der Waals surface area contributed by atoms with Gasteiger partial charge in [0, 0.05) is 12.1 Å². The van der Waals surface area contributed by atoms with Crippen LogP contribution >= 0.6 is 0 Å². The van der Waals surface area contributed by atoms with Gasteiger partial charge in [-0.1, -0.05) is 12.2 Å². The van der Waals surface area contributed by atoms with E-state index in [1.165, 1.54) is 0 Å². The van der Waals surface area contributed by atoms with Gasteiger partial charge in [0.1, 0.15) is 0 Å². The van der Waals surface area contributed by atoms with Crippen LogP contribution in [0.5, 0.6) is 0 Å². The molecule has 0 radical (unpaired) electrons. The van der Waals surface area contributed by atoms with E-state index in [0.717, 1.165) is 6.42 Å². The Balaban J connectivity index is 1.82. The van der Waals surface area contributed by atoms with Crippen LogP contribution in [0, 0.1) is 11.8 Å². The zero-order chi connectivity index (χ0) is 12.4. The number of esters is 2. The van der Waals surface area contributed by atoms with Gasteiger partial charge in [-0.15, -0.1) is 0 Å². The average molecular weight is 238 g/mol. The summed E-state index contributed by atoms with van der Waals surface area (Å²) >= 11 is 0. The quantitative estimate of drug-likeness (QED) is 0.404. The molecule has 1 fully saturated rings. The lowest BCUT2D eigenvalue weighted by Crippen LogP contribution is -2.26. The zero-order valence-corrected chi connectivity index (χ0v) is 9.67. The first-order valence-electron chi connectivity index (χ1n) is 6.01. The van der Waals surface area contributed by atoms with Crippen molar-refractivity contribution < 1.29 is 14.3 Å². The van der Waals surface area contributed by atoms with Crippen molar-refractivity contribution in [2.75, 3.05) is 0 Å². The molecule has 4 N–H and O–H groups in total. The molecule has 5 nitrogen and oxygen atoms in total. The molecule has 2 aliphatic carbocycles. The fraction of sp³-hybridized carbons (Fsp3) is 0.667. The van der Waals surface area contributed by atoms with Crippen LogP contribution in [0.2, 0.25) is 0 Å². The Morgan fingerprint density at radius 1 is 1.06 bits per heavy atom. The molecular formula is C12H18N2O3. The molecule has 0 bridgehead atoms. The van der Waals surface area contributed by atoms with E-state index < -0.39 is 11.9 Å². The Labute approximate surface area is 100 Å².